The van der Waals surface area contributed by atoms with Gasteiger partial charge in [-0.3, -0.25) is 4.79 Å². The number of carbonyl (C=O) groups excluding carboxylic acids is 1. The lowest BCUT2D eigenvalue weighted by Crippen LogP contribution is -2.17. The molecule has 0 amide bonds. The average molecular weight is 268 g/mol. The van der Waals surface area contributed by atoms with E-state index in [1.54, 1.807) is 0 Å². The number of hydrogen-bond donors (Lipinski definition) is 0. The van der Waals surface area contributed by atoms with Gasteiger partial charge in [0.25, 0.3) is 0 Å². The van der Waals surface area contributed by atoms with Gasteiger partial charge >= 0.3 is 0 Å². The number of unbranched alkanes of at least 4 members (excludes halogenated alkanes) is 1. The molecule has 104 valence electrons. The molecule has 0 fully saturated rings. The summed E-state index contributed by atoms with van der Waals surface area (Å²) >= 11 is 0. The van der Waals surface area contributed by atoms with Crippen LogP contribution in [-0.4, -0.2) is 12.4 Å². The molecule has 0 N–H and O–H groups in total. The number of ether oxygens (including phenoxy) is 1. The summed E-state index contributed by atoms with van der Waals surface area (Å²) < 4.78 is 5.84. The van der Waals surface area contributed by atoms with E-state index in [4.69, 9.17) is 4.74 Å². The Labute approximate surface area is 120 Å². The SMILES string of the molecule is CCCCOC(C(=O)c1ccccc1)c1ccccc1. The zero-order chi connectivity index (χ0) is 14.2. The molecule has 0 aromatic heterocycles. The summed E-state index contributed by atoms with van der Waals surface area (Å²) in [6.07, 6.45) is 1.51. The lowest BCUT2D eigenvalue weighted by atomic mass is 10.00. The highest BCUT2D eigenvalue weighted by Crippen LogP contribution is 2.22. The van der Waals surface area contributed by atoms with Crippen molar-refractivity contribution < 1.29 is 9.53 Å². The van der Waals surface area contributed by atoms with Gasteiger partial charge in [0, 0.05) is 12.2 Å². The Bertz CT molecular complexity index is 520. The number of rotatable bonds is 7. The van der Waals surface area contributed by atoms with Crippen molar-refractivity contribution in [2.24, 2.45) is 0 Å². The summed E-state index contributed by atoms with van der Waals surface area (Å²) in [5, 5.41) is 0. The maximum absolute atomic E-state index is 12.6. The molecule has 0 heterocycles. The smallest absolute Gasteiger partial charge is 0.196 e. The Hall–Kier alpha value is -1.93. The summed E-state index contributed by atoms with van der Waals surface area (Å²) in [7, 11) is 0. The fourth-order valence-corrected chi connectivity index (χ4v) is 2.05. The van der Waals surface area contributed by atoms with Crippen molar-refractivity contribution in [1.82, 2.24) is 0 Å². The molecule has 1 unspecified atom stereocenters. The average Bonchev–Trinajstić information content (AvgIpc) is 2.53. The third kappa shape index (κ3) is 3.78. The van der Waals surface area contributed by atoms with Crippen molar-refractivity contribution in [3.63, 3.8) is 0 Å². The van der Waals surface area contributed by atoms with E-state index in [0.29, 0.717) is 12.2 Å². The molecule has 2 nitrogen and oxygen atoms in total. The molecule has 0 bridgehead atoms. The third-order valence-electron chi connectivity index (χ3n) is 3.18. The van der Waals surface area contributed by atoms with Gasteiger partial charge in [-0.1, -0.05) is 74.0 Å². The fraction of sp³-hybridized carbons (Fsp3) is 0.278. The quantitative estimate of drug-likeness (QED) is 0.548. The molecule has 0 spiro atoms. The van der Waals surface area contributed by atoms with Crippen LogP contribution in [0.15, 0.2) is 60.7 Å². The highest BCUT2D eigenvalue weighted by atomic mass is 16.5. The second-order valence-corrected chi connectivity index (χ2v) is 4.75. The number of ketones is 1. The van der Waals surface area contributed by atoms with E-state index >= 15 is 0 Å². The fourth-order valence-electron chi connectivity index (χ4n) is 2.05. The Morgan fingerprint density at radius 2 is 1.60 bits per heavy atom. The van der Waals surface area contributed by atoms with Crippen molar-refractivity contribution in [2.75, 3.05) is 6.61 Å². The number of hydrogen-bond acceptors (Lipinski definition) is 2. The third-order valence-corrected chi connectivity index (χ3v) is 3.18. The topological polar surface area (TPSA) is 26.3 Å². The first-order chi connectivity index (χ1) is 9.83. The first-order valence-electron chi connectivity index (χ1n) is 7.08. The zero-order valence-corrected chi connectivity index (χ0v) is 11.8. The molecule has 0 saturated heterocycles. The van der Waals surface area contributed by atoms with Gasteiger partial charge in [-0.2, -0.15) is 0 Å². The van der Waals surface area contributed by atoms with Crippen LogP contribution in [0.1, 0.15) is 41.8 Å². The number of benzene rings is 2. The zero-order valence-electron chi connectivity index (χ0n) is 11.8. The Balaban J connectivity index is 2.20. The van der Waals surface area contributed by atoms with Gasteiger partial charge in [0.05, 0.1) is 0 Å². The van der Waals surface area contributed by atoms with Crippen LogP contribution in [-0.2, 0) is 4.74 Å². The molecule has 2 rings (SSSR count). The first-order valence-corrected chi connectivity index (χ1v) is 7.08. The molecule has 0 aliphatic rings. The van der Waals surface area contributed by atoms with E-state index in [2.05, 4.69) is 6.92 Å². The molecule has 0 saturated carbocycles. The minimum absolute atomic E-state index is 0.0212. The van der Waals surface area contributed by atoms with Crippen LogP contribution in [0.25, 0.3) is 0 Å². The van der Waals surface area contributed by atoms with Crippen LogP contribution in [0.3, 0.4) is 0 Å². The molecule has 1 atom stereocenters. The summed E-state index contributed by atoms with van der Waals surface area (Å²) in [6.45, 7) is 2.72. The molecule has 2 aromatic rings. The monoisotopic (exact) mass is 268 g/mol. The number of Topliss-reactive ketones (excluding diaryl/α,β-unsaturated/α-hetero) is 1. The Morgan fingerprint density at radius 1 is 1.00 bits per heavy atom. The van der Waals surface area contributed by atoms with Gasteiger partial charge in [0.15, 0.2) is 5.78 Å². The predicted molar refractivity (Wildman–Crippen MR) is 80.8 cm³/mol. The lowest BCUT2D eigenvalue weighted by Gasteiger charge is -2.17. The van der Waals surface area contributed by atoms with E-state index in [1.807, 2.05) is 60.7 Å². The molecule has 2 aromatic carbocycles. The van der Waals surface area contributed by atoms with Crippen molar-refractivity contribution in [3.8, 4) is 0 Å². The largest absolute Gasteiger partial charge is 0.365 e. The highest BCUT2D eigenvalue weighted by molar-refractivity contribution is 6.00. The molecule has 20 heavy (non-hydrogen) atoms. The summed E-state index contributed by atoms with van der Waals surface area (Å²) in [5.41, 5.74) is 1.61. The molecule has 0 aliphatic heterocycles. The lowest BCUT2D eigenvalue weighted by molar-refractivity contribution is 0.0395. The van der Waals surface area contributed by atoms with Crippen LogP contribution in [0.2, 0.25) is 0 Å². The standard InChI is InChI=1S/C18H20O2/c1-2-3-14-20-18(16-12-8-5-9-13-16)17(19)15-10-6-4-7-11-15/h4-13,18H,2-3,14H2,1H3. The second-order valence-electron chi connectivity index (χ2n) is 4.75. The van der Waals surface area contributed by atoms with Crippen molar-refractivity contribution in [2.45, 2.75) is 25.9 Å². The minimum atomic E-state index is -0.509. The predicted octanol–water partition coefficient (Wildman–Crippen LogP) is 4.43. The van der Waals surface area contributed by atoms with Gasteiger partial charge in [-0.25, -0.2) is 0 Å². The normalized spacial score (nSPS) is 12.1. The van der Waals surface area contributed by atoms with Crippen LogP contribution in [0, 0.1) is 0 Å². The molecule has 2 heteroatoms. The highest BCUT2D eigenvalue weighted by Gasteiger charge is 2.22. The van der Waals surface area contributed by atoms with Crippen LogP contribution >= 0.6 is 0 Å². The van der Waals surface area contributed by atoms with Gasteiger partial charge < -0.3 is 4.74 Å². The number of carbonyl (C=O) groups is 1. The molecular formula is C18H20O2. The Kier molecular flexibility index (Phi) is 5.51. The van der Waals surface area contributed by atoms with Crippen LogP contribution in [0.4, 0.5) is 0 Å². The van der Waals surface area contributed by atoms with Crippen LogP contribution < -0.4 is 0 Å². The van der Waals surface area contributed by atoms with Crippen LogP contribution in [0.5, 0.6) is 0 Å². The Morgan fingerprint density at radius 3 is 2.20 bits per heavy atom. The van der Waals surface area contributed by atoms with Gasteiger partial charge in [0.2, 0.25) is 0 Å². The second kappa shape index (κ2) is 7.61. The van der Waals surface area contributed by atoms with Crippen molar-refractivity contribution in [3.05, 3.63) is 71.8 Å². The summed E-state index contributed by atoms with van der Waals surface area (Å²) in [6, 6.07) is 19.0. The molecular weight excluding hydrogens is 248 g/mol. The first kappa shape index (κ1) is 14.5. The van der Waals surface area contributed by atoms with E-state index in [-0.39, 0.29) is 5.78 Å². The van der Waals surface area contributed by atoms with E-state index in [1.165, 1.54) is 0 Å². The van der Waals surface area contributed by atoms with Gasteiger partial charge in [-0.05, 0) is 12.0 Å². The summed E-state index contributed by atoms with van der Waals surface area (Å²) in [5.74, 6) is 0.0212. The van der Waals surface area contributed by atoms with E-state index in [9.17, 15) is 4.79 Å². The molecule has 0 radical (unpaired) electrons. The van der Waals surface area contributed by atoms with Crippen molar-refractivity contribution >= 4 is 5.78 Å². The maximum atomic E-state index is 12.6. The van der Waals surface area contributed by atoms with Crippen molar-refractivity contribution in [1.29, 1.82) is 0 Å². The molecule has 0 aliphatic carbocycles. The maximum Gasteiger partial charge on any atom is 0.196 e. The van der Waals surface area contributed by atoms with E-state index < -0.39 is 6.10 Å². The minimum Gasteiger partial charge on any atom is -0.365 e. The van der Waals surface area contributed by atoms with Gasteiger partial charge in [0.1, 0.15) is 6.10 Å². The van der Waals surface area contributed by atoms with Gasteiger partial charge in [-0.15, -0.1) is 0 Å². The van der Waals surface area contributed by atoms with E-state index in [0.717, 1.165) is 18.4 Å². The summed E-state index contributed by atoms with van der Waals surface area (Å²) in [4.78, 5) is 12.6.